The number of benzene rings is 1. The van der Waals surface area contributed by atoms with Gasteiger partial charge in [-0.25, -0.2) is 4.98 Å². The molecular weight excluding hydrogens is 306 g/mol. The van der Waals surface area contributed by atoms with E-state index in [1.807, 2.05) is 49.4 Å². The molecular formula is C18H19N3O3. The number of hydrogen-bond acceptors (Lipinski definition) is 4. The van der Waals surface area contributed by atoms with Crippen LogP contribution in [0.15, 0.2) is 48.5 Å². The van der Waals surface area contributed by atoms with Crippen LogP contribution in [0.2, 0.25) is 0 Å². The van der Waals surface area contributed by atoms with Crippen molar-refractivity contribution in [1.29, 1.82) is 0 Å². The maximum absolute atomic E-state index is 12.7. The van der Waals surface area contributed by atoms with Crippen molar-refractivity contribution in [3.05, 3.63) is 59.8 Å². The van der Waals surface area contributed by atoms with E-state index in [1.54, 1.807) is 18.0 Å². The molecule has 0 spiro atoms. The molecule has 0 aliphatic carbocycles. The monoisotopic (exact) mass is 325 g/mol. The highest BCUT2D eigenvalue weighted by Gasteiger charge is 2.40. The van der Waals surface area contributed by atoms with Crippen LogP contribution < -0.4 is 5.32 Å². The predicted molar refractivity (Wildman–Crippen MR) is 89.3 cm³/mol. The number of carbonyl (C=O) groups is 2. The number of amides is 2. The first-order valence-electron chi connectivity index (χ1n) is 7.73. The summed E-state index contributed by atoms with van der Waals surface area (Å²) < 4.78 is 5.56. The molecule has 2 aromatic rings. The van der Waals surface area contributed by atoms with Crippen LogP contribution in [0.3, 0.4) is 0 Å². The fourth-order valence-electron chi connectivity index (χ4n) is 2.79. The Kier molecular flexibility index (Phi) is 4.57. The minimum absolute atomic E-state index is 0.112. The van der Waals surface area contributed by atoms with Crippen LogP contribution in [0.4, 0.5) is 5.82 Å². The van der Waals surface area contributed by atoms with Gasteiger partial charge >= 0.3 is 0 Å². The molecule has 2 heterocycles. The molecule has 2 amide bonds. The summed E-state index contributed by atoms with van der Waals surface area (Å²) >= 11 is 0. The van der Waals surface area contributed by atoms with Crippen LogP contribution in [-0.4, -0.2) is 41.5 Å². The first kappa shape index (κ1) is 16.1. The Morgan fingerprint density at radius 2 is 1.96 bits per heavy atom. The predicted octanol–water partition coefficient (Wildman–Crippen LogP) is 1.93. The van der Waals surface area contributed by atoms with Crippen LogP contribution >= 0.6 is 0 Å². The molecule has 0 radical (unpaired) electrons. The summed E-state index contributed by atoms with van der Waals surface area (Å²) in [6, 6.07) is 14.3. The summed E-state index contributed by atoms with van der Waals surface area (Å²) in [6.07, 6.45) is -0.794. The number of ether oxygens (including phenoxy) is 1. The second kappa shape index (κ2) is 6.80. The van der Waals surface area contributed by atoms with Crippen molar-refractivity contribution in [2.24, 2.45) is 0 Å². The normalized spacial score (nSPS) is 20.8. The molecule has 6 nitrogen and oxygen atoms in total. The molecule has 3 rings (SSSR count). The topological polar surface area (TPSA) is 71.5 Å². The van der Waals surface area contributed by atoms with Crippen molar-refractivity contribution in [2.75, 3.05) is 19.0 Å². The molecule has 1 aromatic carbocycles. The molecule has 1 saturated heterocycles. The third kappa shape index (κ3) is 3.28. The number of aromatic nitrogens is 1. The number of rotatable bonds is 3. The van der Waals surface area contributed by atoms with Crippen LogP contribution in [0.25, 0.3) is 0 Å². The Morgan fingerprint density at radius 1 is 1.21 bits per heavy atom. The average molecular weight is 325 g/mol. The molecule has 0 unspecified atom stereocenters. The summed E-state index contributed by atoms with van der Waals surface area (Å²) in [6.45, 7) is 1.74. The number of pyridine rings is 1. The number of anilines is 1. The fourth-order valence-corrected chi connectivity index (χ4v) is 2.79. The van der Waals surface area contributed by atoms with Crippen LogP contribution in [0.5, 0.6) is 0 Å². The van der Waals surface area contributed by atoms with E-state index in [-0.39, 0.29) is 18.4 Å². The van der Waals surface area contributed by atoms with Gasteiger partial charge in [-0.3, -0.25) is 9.59 Å². The molecule has 24 heavy (non-hydrogen) atoms. The van der Waals surface area contributed by atoms with Gasteiger partial charge in [-0.2, -0.15) is 0 Å². The van der Waals surface area contributed by atoms with Gasteiger partial charge in [0.15, 0.2) is 6.10 Å². The second-order valence-corrected chi connectivity index (χ2v) is 5.75. The molecule has 1 aliphatic rings. The van der Waals surface area contributed by atoms with E-state index in [4.69, 9.17) is 4.74 Å². The standard InChI is InChI=1S/C18H19N3O3/c1-12-7-6-10-14(19-12)20-18(23)17-16(13-8-4-3-5-9-13)21(2)15(22)11-24-17/h3-10,16-17H,11H2,1-2H3,(H,19,20,23)/t16-,17-/m1/s1. The molecule has 2 atom stereocenters. The van der Waals surface area contributed by atoms with E-state index >= 15 is 0 Å². The zero-order valence-corrected chi connectivity index (χ0v) is 13.6. The Morgan fingerprint density at radius 3 is 2.67 bits per heavy atom. The summed E-state index contributed by atoms with van der Waals surface area (Å²) in [5.74, 6) is -0.00199. The maximum atomic E-state index is 12.7. The lowest BCUT2D eigenvalue weighted by atomic mass is 9.97. The van der Waals surface area contributed by atoms with Crippen LogP contribution in [0, 0.1) is 6.92 Å². The molecule has 6 heteroatoms. The lowest BCUT2D eigenvalue weighted by molar-refractivity contribution is -0.160. The minimum atomic E-state index is -0.794. The van der Waals surface area contributed by atoms with Gasteiger partial charge in [0.2, 0.25) is 5.91 Å². The minimum Gasteiger partial charge on any atom is -0.356 e. The zero-order chi connectivity index (χ0) is 17.1. The summed E-state index contributed by atoms with van der Waals surface area (Å²) in [7, 11) is 1.69. The van der Waals surface area contributed by atoms with Gasteiger partial charge in [-0.15, -0.1) is 0 Å². The van der Waals surface area contributed by atoms with Crippen molar-refractivity contribution < 1.29 is 14.3 Å². The first-order chi connectivity index (χ1) is 11.6. The van der Waals surface area contributed by atoms with Crippen molar-refractivity contribution in [2.45, 2.75) is 19.1 Å². The molecule has 1 fully saturated rings. The highest BCUT2D eigenvalue weighted by molar-refractivity contribution is 5.95. The molecule has 1 aliphatic heterocycles. The number of morpholine rings is 1. The van der Waals surface area contributed by atoms with E-state index in [1.165, 1.54) is 0 Å². The van der Waals surface area contributed by atoms with Gasteiger partial charge in [-0.05, 0) is 24.6 Å². The van der Waals surface area contributed by atoms with E-state index in [2.05, 4.69) is 10.3 Å². The summed E-state index contributed by atoms with van der Waals surface area (Å²) in [5, 5.41) is 2.77. The Labute approximate surface area is 140 Å². The number of carbonyl (C=O) groups excluding carboxylic acids is 2. The Bertz CT molecular complexity index is 748. The van der Waals surface area contributed by atoms with Crippen molar-refractivity contribution in [3.8, 4) is 0 Å². The van der Waals surface area contributed by atoms with Crippen molar-refractivity contribution in [3.63, 3.8) is 0 Å². The largest absolute Gasteiger partial charge is 0.356 e. The van der Waals surface area contributed by atoms with Gasteiger partial charge in [0, 0.05) is 12.7 Å². The fraction of sp³-hybridized carbons (Fsp3) is 0.278. The highest BCUT2D eigenvalue weighted by atomic mass is 16.5. The Hall–Kier alpha value is -2.73. The van der Waals surface area contributed by atoms with Crippen molar-refractivity contribution >= 4 is 17.6 Å². The first-order valence-corrected chi connectivity index (χ1v) is 7.73. The number of aryl methyl sites for hydroxylation is 1. The third-order valence-electron chi connectivity index (χ3n) is 4.02. The van der Waals surface area contributed by atoms with E-state index in [0.717, 1.165) is 11.3 Å². The molecule has 1 aromatic heterocycles. The quantitative estimate of drug-likeness (QED) is 0.936. The Balaban J connectivity index is 1.86. The van der Waals surface area contributed by atoms with Gasteiger partial charge < -0.3 is 15.0 Å². The van der Waals surface area contributed by atoms with Crippen LogP contribution in [0.1, 0.15) is 17.3 Å². The van der Waals surface area contributed by atoms with E-state index in [9.17, 15) is 9.59 Å². The van der Waals surface area contributed by atoms with Gasteiger partial charge in [0.1, 0.15) is 12.4 Å². The molecule has 1 N–H and O–H groups in total. The molecule has 124 valence electrons. The second-order valence-electron chi connectivity index (χ2n) is 5.75. The molecule has 0 saturated carbocycles. The highest BCUT2D eigenvalue weighted by Crippen LogP contribution is 2.29. The third-order valence-corrected chi connectivity index (χ3v) is 4.02. The zero-order valence-electron chi connectivity index (χ0n) is 13.6. The van der Waals surface area contributed by atoms with Crippen molar-refractivity contribution in [1.82, 2.24) is 9.88 Å². The van der Waals surface area contributed by atoms with Crippen LogP contribution in [-0.2, 0) is 14.3 Å². The lowest BCUT2D eigenvalue weighted by Crippen LogP contribution is -2.51. The number of hydrogen-bond donors (Lipinski definition) is 1. The van der Waals surface area contributed by atoms with E-state index < -0.39 is 12.1 Å². The smallest absolute Gasteiger partial charge is 0.257 e. The summed E-state index contributed by atoms with van der Waals surface area (Å²) in [4.78, 5) is 30.5. The van der Waals surface area contributed by atoms with Gasteiger partial charge in [0.05, 0.1) is 6.04 Å². The molecule has 0 bridgehead atoms. The summed E-state index contributed by atoms with van der Waals surface area (Å²) in [5.41, 5.74) is 1.66. The lowest BCUT2D eigenvalue weighted by Gasteiger charge is -2.38. The number of likely N-dealkylation sites (N-methyl/N-ethyl adjacent to an activating group) is 1. The SMILES string of the molecule is Cc1cccc(NC(=O)[C@@H]2OCC(=O)N(C)[C@@H]2c2ccccc2)n1. The average Bonchev–Trinajstić information content (AvgIpc) is 2.58. The van der Waals surface area contributed by atoms with Gasteiger partial charge in [-0.1, -0.05) is 36.4 Å². The van der Waals surface area contributed by atoms with Gasteiger partial charge in [0.25, 0.3) is 5.91 Å². The number of nitrogens with one attached hydrogen (secondary N) is 1. The maximum Gasteiger partial charge on any atom is 0.257 e. The van der Waals surface area contributed by atoms with E-state index in [0.29, 0.717) is 5.82 Å². The number of nitrogens with zero attached hydrogens (tertiary/aromatic N) is 2.